The second-order valence-electron chi connectivity index (χ2n) is 12.4. The molecule has 1 saturated heterocycles. The third kappa shape index (κ3) is 7.07. The van der Waals surface area contributed by atoms with Crippen LogP contribution in [-0.2, 0) is 21.8 Å². The highest BCUT2D eigenvalue weighted by Crippen LogP contribution is 2.46. The maximum Gasteiger partial charge on any atom is 0.301 e. The zero-order chi connectivity index (χ0) is 33.9. The van der Waals surface area contributed by atoms with Crippen molar-refractivity contribution in [2.24, 2.45) is 5.92 Å². The Bertz CT molecular complexity index is 1850. The summed E-state index contributed by atoms with van der Waals surface area (Å²) in [5.74, 6) is 1.08. The van der Waals surface area contributed by atoms with Gasteiger partial charge in [0.15, 0.2) is 15.8 Å². The zero-order valence-electron chi connectivity index (χ0n) is 27.7. The lowest BCUT2D eigenvalue weighted by Gasteiger charge is -2.24. The molecule has 0 bridgehead atoms. The summed E-state index contributed by atoms with van der Waals surface area (Å²) in [5.41, 5.74) is 4.21. The van der Waals surface area contributed by atoms with E-state index < -0.39 is 17.7 Å². The van der Waals surface area contributed by atoms with E-state index in [0.29, 0.717) is 58.3 Å². The maximum absolute atomic E-state index is 13.9. The van der Waals surface area contributed by atoms with E-state index in [-0.39, 0.29) is 22.6 Å². The Morgan fingerprint density at radius 3 is 2.60 bits per heavy atom. The van der Waals surface area contributed by atoms with Crippen molar-refractivity contribution >= 4 is 45.7 Å². The first kappa shape index (κ1) is 33.5. The number of anilines is 1. The number of aryl methyl sites for hydroxylation is 1. The van der Waals surface area contributed by atoms with Crippen LogP contribution in [-0.4, -0.2) is 46.3 Å². The molecule has 0 aliphatic carbocycles. The molecular formula is C37H39N3O6S2. The number of aromatic nitrogens is 2. The fraction of sp³-hybridized carbons (Fsp3) is 0.351. The van der Waals surface area contributed by atoms with Crippen molar-refractivity contribution in [1.82, 2.24) is 10.2 Å². The molecule has 2 aliphatic rings. The minimum atomic E-state index is -0.986. The third-order valence-electron chi connectivity index (χ3n) is 8.23. The van der Waals surface area contributed by atoms with Crippen molar-refractivity contribution in [2.75, 3.05) is 18.1 Å². The lowest BCUT2D eigenvalue weighted by Crippen LogP contribution is -2.29. The van der Waals surface area contributed by atoms with Gasteiger partial charge in [-0.05, 0) is 80.1 Å². The van der Waals surface area contributed by atoms with Crippen LogP contribution in [0.3, 0.4) is 0 Å². The Morgan fingerprint density at radius 2 is 1.85 bits per heavy atom. The summed E-state index contributed by atoms with van der Waals surface area (Å²) in [5, 5.41) is 20.8. The summed E-state index contributed by atoms with van der Waals surface area (Å²) in [7, 11) is 0. The number of nitrogens with zero attached hydrogens (tertiary/aromatic N) is 3. The van der Waals surface area contributed by atoms with E-state index in [2.05, 4.69) is 48.3 Å². The van der Waals surface area contributed by atoms with E-state index in [9.17, 15) is 14.7 Å². The van der Waals surface area contributed by atoms with Gasteiger partial charge in [0.05, 0.1) is 24.8 Å². The molecule has 2 atom stereocenters. The minimum absolute atomic E-state index is 0.0108. The van der Waals surface area contributed by atoms with Gasteiger partial charge in [-0.3, -0.25) is 14.5 Å². The maximum atomic E-state index is 13.9. The highest BCUT2D eigenvalue weighted by Gasteiger charge is 2.48. The van der Waals surface area contributed by atoms with Gasteiger partial charge in [-0.15, -0.1) is 10.2 Å². The highest BCUT2D eigenvalue weighted by atomic mass is 32.2. The fourth-order valence-corrected chi connectivity index (χ4v) is 7.57. The number of carbonyl (C=O) groups is 2. The molecule has 3 heterocycles. The molecule has 1 N–H and O–H groups in total. The molecule has 1 amide bonds. The Morgan fingerprint density at radius 1 is 1.06 bits per heavy atom. The Hall–Kier alpha value is -4.35. The van der Waals surface area contributed by atoms with Gasteiger partial charge in [0.2, 0.25) is 5.13 Å². The standard InChI is InChI=1S/C37H39N3O6S2/c1-6-44-30-19-25(11-14-29(30)45-16-15-21(2)3)32-31(33(41)26-12-13-28-27(18-26)17-23(5)46-28)34(42)35(43)40(32)36-38-39-37(48-36)47-20-24-9-7-22(4)8-10-24/h7-14,18-19,21,23,32,41H,6,15-17,20H2,1-5H3/t23-,32-/m1/s1. The van der Waals surface area contributed by atoms with Gasteiger partial charge >= 0.3 is 5.91 Å². The number of hydrogen-bond acceptors (Lipinski definition) is 10. The van der Waals surface area contributed by atoms with Crippen LogP contribution in [0.2, 0.25) is 0 Å². The minimum Gasteiger partial charge on any atom is -0.507 e. The van der Waals surface area contributed by atoms with Crippen LogP contribution in [0.5, 0.6) is 17.2 Å². The average Bonchev–Trinajstić information content (AvgIpc) is 3.75. The summed E-state index contributed by atoms with van der Waals surface area (Å²) in [4.78, 5) is 29.1. The van der Waals surface area contributed by atoms with E-state index >= 15 is 0 Å². The lowest BCUT2D eigenvalue weighted by molar-refractivity contribution is -0.132. The molecule has 11 heteroatoms. The predicted molar refractivity (Wildman–Crippen MR) is 188 cm³/mol. The number of ketones is 1. The van der Waals surface area contributed by atoms with Crippen molar-refractivity contribution < 1.29 is 28.9 Å². The number of aliphatic hydroxyl groups is 1. The van der Waals surface area contributed by atoms with Gasteiger partial charge in [0, 0.05) is 17.7 Å². The first-order valence-electron chi connectivity index (χ1n) is 16.1. The number of Topliss-reactive ketones (excluding diaryl/α,β-unsaturated/α-hetero) is 1. The summed E-state index contributed by atoms with van der Waals surface area (Å²) in [6, 6.07) is 18.0. The largest absolute Gasteiger partial charge is 0.507 e. The zero-order valence-corrected chi connectivity index (χ0v) is 29.3. The van der Waals surface area contributed by atoms with Crippen LogP contribution in [0, 0.1) is 12.8 Å². The fourth-order valence-electron chi connectivity index (χ4n) is 5.74. The number of fused-ring (bicyclic) bond motifs is 1. The molecule has 4 aromatic rings. The molecule has 0 radical (unpaired) electrons. The smallest absolute Gasteiger partial charge is 0.301 e. The number of hydrogen-bond donors (Lipinski definition) is 1. The van der Waals surface area contributed by atoms with Crippen molar-refractivity contribution in [3.63, 3.8) is 0 Å². The van der Waals surface area contributed by atoms with Crippen LogP contribution in [0.25, 0.3) is 5.76 Å². The number of ether oxygens (including phenoxy) is 3. The van der Waals surface area contributed by atoms with Gasteiger partial charge in [0.25, 0.3) is 5.78 Å². The molecule has 0 spiro atoms. The Labute approximate surface area is 288 Å². The Balaban J connectivity index is 1.40. The average molecular weight is 686 g/mol. The van der Waals surface area contributed by atoms with E-state index in [4.69, 9.17) is 14.2 Å². The van der Waals surface area contributed by atoms with Crippen molar-refractivity contribution in [2.45, 2.75) is 69.7 Å². The molecule has 2 aliphatic heterocycles. The molecular weight excluding hydrogens is 647 g/mol. The molecule has 1 fully saturated rings. The lowest BCUT2D eigenvalue weighted by atomic mass is 9.94. The summed E-state index contributed by atoms with van der Waals surface area (Å²) < 4.78 is 18.6. The van der Waals surface area contributed by atoms with Crippen LogP contribution in [0.1, 0.15) is 68.0 Å². The SMILES string of the molecule is CCOc1cc([C@@H]2C(=C(O)c3ccc4c(c3)C[C@@H](C)O4)C(=O)C(=O)N2c2nnc(SCc3ccc(C)cc3)s2)ccc1OCCC(C)C. The molecule has 48 heavy (non-hydrogen) atoms. The van der Waals surface area contributed by atoms with Crippen LogP contribution in [0.15, 0.2) is 70.6 Å². The second-order valence-corrected chi connectivity index (χ2v) is 14.6. The summed E-state index contributed by atoms with van der Waals surface area (Å²) in [6.07, 6.45) is 1.56. The molecule has 9 nitrogen and oxygen atoms in total. The molecule has 0 saturated carbocycles. The molecule has 0 unspecified atom stereocenters. The first-order chi connectivity index (χ1) is 23.1. The van der Waals surface area contributed by atoms with Gasteiger partial charge in [-0.25, -0.2) is 0 Å². The van der Waals surface area contributed by atoms with Crippen LogP contribution >= 0.6 is 23.1 Å². The molecule has 250 valence electrons. The van der Waals surface area contributed by atoms with Crippen molar-refractivity contribution in [3.8, 4) is 17.2 Å². The number of aliphatic hydroxyl groups excluding tert-OH is 1. The quantitative estimate of drug-likeness (QED) is 0.0523. The van der Waals surface area contributed by atoms with Gasteiger partial charge in [-0.2, -0.15) is 0 Å². The highest BCUT2D eigenvalue weighted by molar-refractivity contribution is 8.00. The van der Waals surface area contributed by atoms with Gasteiger partial charge in [0.1, 0.15) is 17.6 Å². The number of carbonyl (C=O) groups excluding carboxylic acids is 2. The number of thioether (sulfide) groups is 1. The van der Waals surface area contributed by atoms with E-state index in [1.165, 1.54) is 33.6 Å². The van der Waals surface area contributed by atoms with E-state index in [1.807, 2.05) is 26.8 Å². The number of benzene rings is 3. The third-order valence-corrected chi connectivity index (χ3v) is 10.4. The van der Waals surface area contributed by atoms with Crippen LogP contribution < -0.4 is 19.1 Å². The van der Waals surface area contributed by atoms with Crippen LogP contribution in [0.4, 0.5) is 5.13 Å². The molecule has 6 rings (SSSR count). The van der Waals surface area contributed by atoms with Gasteiger partial charge in [-0.1, -0.05) is 72.8 Å². The number of rotatable bonds is 12. The number of amides is 1. The predicted octanol–water partition coefficient (Wildman–Crippen LogP) is 7.91. The summed E-state index contributed by atoms with van der Waals surface area (Å²) in [6.45, 7) is 11.1. The van der Waals surface area contributed by atoms with Gasteiger partial charge < -0.3 is 19.3 Å². The van der Waals surface area contributed by atoms with E-state index in [1.54, 1.807) is 30.3 Å². The Kier molecular flexibility index (Phi) is 10.1. The normalized spacial score (nSPS) is 18.3. The summed E-state index contributed by atoms with van der Waals surface area (Å²) >= 11 is 2.74. The first-order valence-corrected chi connectivity index (χ1v) is 18.0. The second kappa shape index (κ2) is 14.4. The van der Waals surface area contributed by atoms with Crippen molar-refractivity contribution in [1.29, 1.82) is 0 Å². The topological polar surface area (TPSA) is 111 Å². The molecule has 3 aromatic carbocycles. The van der Waals surface area contributed by atoms with E-state index in [0.717, 1.165) is 23.3 Å². The molecule has 1 aromatic heterocycles. The van der Waals surface area contributed by atoms with Crippen molar-refractivity contribution in [3.05, 3.63) is 94.1 Å². The monoisotopic (exact) mass is 685 g/mol.